The normalized spacial score (nSPS) is 12.6. The van der Waals surface area contributed by atoms with Gasteiger partial charge in [0.25, 0.3) is 6.43 Å². The van der Waals surface area contributed by atoms with E-state index in [1.165, 1.54) is 6.92 Å². The molecule has 1 unspecified atom stereocenters. The van der Waals surface area contributed by atoms with Crippen molar-refractivity contribution in [1.29, 1.82) is 0 Å². The maximum Gasteiger partial charge on any atom is 0.319 e. The highest BCUT2D eigenvalue weighted by molar-refractivity contribution is 5.78. The Morgan fingerprint density at radius 2 is 1.88 bits per heavy atom. The standard InChI is InChI=1S/C11H11F3O2/c1-2-16-11(15)9(10(13)14)7-3-5-8(12)6-4-7/h3-6,9-10H,2H2,1H3. The van der Waals surface area contributed by atoms with E-state index >= 15 is 0 Å². The number of benzene rings is 1. The van der Waals surface area contributed by atoms with Gasteiger partial charge in [-0.1, -0.05) is 12.1 Å². The van der Waals surface area contributed by atoms with Gasteiger partial charge in [0, 0.05) is 0 Å². The maximum atomic E-state index is 12.7. The summed E-state index contributed by atoms with van der Waals surface area (Å²) < 4.78 is 42.5. The lowest BCUT2D eigenvalue weighted by atomic mass is 10.00. The van der Waals surface area contributed by atoms with E-state index in [0.717, 1.165) is 24.3 Å². The van der Waals surface area contributed by atoms with Crippen LogP contribution in [-0.2, 0) is 9.53 Å². The molecule has 0 saturated heterocycles. The molecule has 0 radical (unpaired) electrons. The third-order valence-electron chi connectivity index (χ3n) is 2.02. The topological polar surface area (TPSA) is 26.3 Å². The summed E-state index contributed by atoms with van der Waals surface area (Å²) in [4.78, 5) is 11.3. The fraction of sp³-hybridized carbons (Fsp3) is 0.364. The average Bonchev–Trinajstić information content (AvgIpc) is 2.21. The maximum absolute atomic E-state index is 12.7. The van der Waals surface area contributed by atoms with E-state index in [1.54, 1.807) is 0 Å². The lowest BCUT2D eigenvalue weighted by Crippen LogP contribution is -2.22. The Morgan fingerprint density at radius 3 is 2.31 bits per heavy atom. The average molecular weight is 232 g/mol. The quantitative estimate of drug-likeness (QED) is 0.746. The fourth-order valence-electron chi connectivity index (χ4n) is 1.29. The Morgan fingerprint density at radius 1 is 1.31 bits per heavy atom. The second kappa shape index (κ2) is 5.53. The van der Waals surface area contributed by atoms with Crippen molar-refractivity contribution in [1.82, 2.24) is 0 Å². The van der Waals surface area contributed by atoms with Crippen LogP contribution >= 0.6 is 0 Å². The molecule has 0 bridgehead atoms. The van der Waals surface area contributed by atoms with Gasteiger partial charge in [0.15, 0.2) is 0 Å². The molecule has 0 amide bonds. The van der Waals surface area contributed by atoms with Crippen molar-refractivity contribution in [2.24, 2.45) is 0 Å². The van der Waals surface area contributed by atoms with Gasteiger partial charge >= 0.3 is 5.97 Å². The van der Waals surface area contributed by atoms with Crippen LogP contribution in [0.25, 0.3) is 0 Å². The van der Waals surface area contributed by atoms with Crippen LogP contribution in [0.5, 0.6) is 0 Å². The van der Waals surface area contributed by atoms with E-state index in [9.17, 15) is 18.0 Å². The number of alkyl halides is 2. The molecule has 5 heteroatoms. The first-order valence-corrected chi connectivity index (χ1v) is 4.76. The smallest absolute Gasteiger partial charge is 0.319 e. The van der Waals surface area contributed by atoms with Crippen molar-refractivity contribution in [3.05, 3.63) is 35.6 Å². The molecule has 0 fully saturated rings. The van der Waals surface area contributed by atoms with Crippen molar-refractivity contribution in [2.75, 3.05) is 6.61 Å². The molecular formula is C11H11F3O2. The zero-order chi connectivity index (χ0) is 12.1. The minimum atomic E-state index is -2.87. The Bertz CT molecular complexity index is 349. The Labute approximate surface area is 91.0 Å². The van der Waals surface area contributed by atoms with Crippen LogP contribution in [0.1, 0.15) is 18.4 Å². The van der Waals surface area contributed by atoms with Crippen molar-refractivity contribution < 1.29 is 22.7 Å². The van der Waals surface area contributed by atoms with E-state index in [1.807, 2.05) is 0 Å². The highest BCUT2D eigenvalue weighted by atomic mass is 19.3. The van der Waals surface area contributed by atoms with Gasteiger partial charge in [-0.15, -0.1) is 0 Å². The molecule has 0 aromatic heterocycles. The highest BCUT2D eigenvalue weighted by Gasteiger charge is 2.31. The second-order valence-corrected chi connectivity index (χ2v) is 3.12. The predicted octanol–water partition coefficient (Wildman–Crippen LogP) is 2.74. The van der Waals surface area contributed by atoms with Crippen LogP contribution in [-0.4, -0.2) is 19.0 Å². The highest BCUT2D eigenvalue weighted by Crippen LogP contribution is 2.25. The van der Waals surface area contributed by atoms with Gasteiger partial charge in [-0.3, -0.25) is 4.79 Å². The lowest BCUT2D eigenvalue weighted by molar-refractivity contribution is -0.148. The SMILES string of the molecule is CCOC(=O)C(c1ccc(F)cc1)C(F)F. The predicted molar refractivity (Wildman–Crippen MR) is 51.8 cm³/mol. The van der Waals surface area contributed by atoms with Crippen LogP contribution in [0.4, 0.5) is 13.2 Å². The minimum absolute atomic E-state index is 0.0310. The van der Waals surface area contributed by atoms with Gasteiger partial charge in [-0.2, -0.15) is 0 Å². The molecule has 0 aliphatic carbocycles. The fourth-order valence-corrected chi connectivity index (χ4v) is 1.29. The van der Waals surface area contributed by atoms with E-state index < -0.39 is 24.1 Å². The zero-order valence-electron chi connectivity index (χ0n) is 8.62. The first kappa shape index (κ1) is 12.5. The van der Waals surface area contributed by atoms with Crippen LogP contribution in [0.2, 0.25) is 0 Å². The summed E-state index contributed by atoms with van der Waals surface area (Å²) in [7, 11) is 0. The molecule has 1 rings (SSSR count). The molecule has 88 valence electrons. The van der Waals surface area contributed by atoms with Crippen molar-refractivity contribution in [2.45, 2.75) is 19.3 Å². The van der Waals surface area contributed by atoms with Crippen LogP contribution in [0.15, 0.2) is 24.3 Å². The van der Waals surface area contributed by atoms with Crippen molar-refractivity contribution in [3.8, 4) is 0 Å². The number of carbonyl (C=O) groups is 1. The zero-order valence-corrected chi connectivity index (χ0v) is 8.62. The third kappa shape index (κ3) is 2.98. The van der Waals surface area contributed by atoms with Gasteiger partial charge in [0.2, 0.25) is 0 Å². The number of ether oxygens (including phenoxy) is 1. The van der Waals surface area contributed by atoms with Crippen molar-refractivity contribution >= 4 is 5.97 Å². The Balaban J connectivity index is 2.93. The summed E-state index contributed by atoms with van der Waals surface area (Å²) in [6.45, 7) is 1.56. The molecule has 1 atom stereocenters. The monoisotopic (exact) mass is 232 g/mol. The molecule has 1 aromatic carbocycles. The molecule has 1 aromatic rings. The largest absolute Gasteiger partial charge is 0.465 e. The van der Waals surface area contributed by atoms with E-state index in [4.69, 9.17) is 0 Å². The van der Waals surface area contributed by atoms with E-state index in [-0.39, 0.29) is 12.2 Å². The number of rotatable bonds is 4. The van der Waals surface area contributed by atoms with Crippen LogP contribution in [0, 0.1) is 5.82 Å². The molecule has 0 aliphatic heterocycles. The van der Waals surface area contributed by atoms with Gasteiger partial charge in [0.05, 0.1) is 6.61 Å². The number of carbonyl (C=O) groups excluding carboxylic acids is 1. The minimum Gasteiger partial charge on any atom is -0.465 e. The van der Waals surface area contributed by atoms with E-state index in [0.29, 0.717) is 0 Å². The van der Waals surface area contributed by atoms with E-state index in [2.05, 4.69) is 4.74 Å². The second-order valence-electron chi connectivity index (χ2n) is 3.12. The lowest BCUT2D eigenvalue weighted by Gasteiger charge is -2.14. The summed E-state index contributed by atoms with van der Waals surface area (Å²) >= 11 is 0. The number of hydrogen-bond donors (Lipinski definition) is 0. The summed E-state index contributed by atoms with van der Waals surface area (Å²) in [6, 6.07) is 4.38. The molecule has 16 heavy (non-hydrogen) atoms. The van der Waals surface area contributed by atoms with Crippen LogP contribution in [0.3, 0.4) is 0 Å². The molecule has 0 heterocycles. The summed E-state index contributed by atoms with van der Waals surface area (Å²) in [5.41, 5.74) is 0.0508. The Kier molecular flexibility index (Phi) is 4.34. The van der Waals surface area contributed by atoms with Crippen LogP contribution < -0.4 is 0 Å². The molecule has 0 spiro atoms. The van der Waals surface area contributed by atoms with Gasteiger partial charge in [0.1, 0.15) is 11.7 Å². The number of hydrogen-bond acceptors (Lipinski definition) is 2. The van der Waals surface area contributed by atoms with Crippen molar-refractivity contribution in [3.63, 3.8) is 0 Å². The van der Waals surface area contributed by atoms with Gasteiger partial charge in [-0.05, 0) is 24.6 Å². The molecule has 0 saturated carbocycles. The summed E-state index contributed by atoms with van der Waals surface area (Å²) in [6.07, 6.45) is -2.87. The van der Waals surface area contributed by atoms with Gasteiger partial charge in [-0.25, -0.2) is 13.2 Å². The first-order valence-electron chi connectivity index (χ1n) is 4.76. The third-order valence-corrected chi connectivity index (χ3v) is 2.02. The first-order chi connectivity index (χ1) is 7.56. The molecular weight excluding hydrogens is 221 g/mol. The molecule has 0 aliphatic rings. The molecule has 2 nitrogen and oxygen atoms in total. The number of halogens is 3. The summed E-state index contributed by atoms with van der Waals surface area (Å²) in [5.74, 6) is -3.19. The van der Waals surface area contributed by atoms with Gasteiger partial charge < -0.3 is 4.74 Å². The molecule has 0 N–H and O–H groups in total. The number of esters is 1. The Hall–Kier alpha value is -1.52. The summed E-state index contributed by atoms with van der Waals surface area (Å²) in [5, 5.41) is 0.